The zero-order valence-electron chi connectivity index (χ0n) is 12.0. The van der Waals surface area contributed by atoms with Gasteiger partial charge in [0, 0.05) is 24.3 Å². The Balaban J connectivity index is 2.29. The molecule has 1 aromatic rings. The molecule has 110 valence electrons. The van der Waals surface area contributed by atoms with Gasteiger partial charge in [0.25, 0.3) is 0 Å². The first-order valence-electron chi connectivity index (χ1n) is 6.91. The van der Waals surface area contributed by atoms with Gasteiger partial charge in [-0.05, 0) is 25.5 Å². The lowest BCUT2D eigenvalue weighted by Gasteiger charge is -2.31. The Labute approximate surface area is 119 Å². The van der Waals surface area contributed by atoms with Crippen LogP contribution in [0.1, 0.15) is 24.2 Å². The molecule has 0 spiro atoms. The first-order valence-corrected chi connectivity index (χ1v) is 6.91. The molecule has 5 nitrogen and oxygen atoms in total. The normalized spacial score (nSPS) is 16.9. The molecule has 1 heterocycles. The third kappa shape index (κ3) is 3.29. The molecule has 1 atom stereocenters. The number of ether oxygens (including phenoxy) is 2. The van der Waals surface area contributed by atoms with Crippen molar-refractivity contribution < 1.29 is 19.4 Å². The number of carbonyl (C=O) groups is 1. The quantitative estimate of drug-likeness (QED) is 0.845. The van der Waals surface area contributed by atoms with Gasteiger partial charge in [-0.25, -0.2) is 4.79 Å². The summed E-state index contributed by atoms with van der Waals surface area (Å²) < 4.78 is 10.2. The number of hydrogen-bond donors (Lipinski definition) is 1. The summed E-state index contributed by atoms with van der Waals surface area (Å²) in [6.45, 7) is 6.80. The topological polar surface area (TPSA) is 59.0 Å². The van der Waals surface area contributed by atoms with Crippen LogP contribution in [0.4, 0.5) is 5.69 Å². The second kappa shape index (κ2) is 6.72. The maximum atomic E-state index is 11.7. The molecule has 20 heavy (non-hydrogen) atoms. The standard InChI is InChI=1S/C15H21NO4/c1-3-20-15(18)14(17)12-5-4-11(2)10-13(12)16-6-8-19-9-7-16/h4-5,10,14,17H,3,6-9H2,1-2H3. The lowest BCUT2D eigenvalue weighted by Crippen LogP contribution is -2.37. The molecule has 1 aromatic carbocycles. The number of morpholine rings is 1. The van der Waals surface area contributed by atoms with Crippen LogP contribution in [-0.4, -0.2) is 44.0 Å². The minimum atomic E-state index is -1.24. The van der Waals surface area contributed by atoms with Gasteiger partial charge in [0.1, 0.15) is 0 Å². The molecule has 0 aromatic heterocycles. The highest BCUT2D eigenvalue weighted by atomic mass is 16.5. The fourth-order valence-electron chi connectivity index (χ4n) is 2.31. The van der Waals surface area contributed by atoms with Crippen LogP contribution >= 0.6 is 0 Å². The van der Waals surface area contributed by atoms with Crippen LogP contribution in [0.2, 0.25) is 0 Å². The predicted octanol–water partition coefficient (Wildman–Crippen LogP) is 1.43. The average molecular weight is 279 g/mol. The largest absolute Gasteiger partial charge is 0.464 e. The van der Waals surface area contributed by atoms with Crippen molar-refractivity contribution in [2.45, 2.75) is 20.0 Å². The summed E-state index contributed by atoms with van der Waals surface area (Å²) in [6.07, 6.45) is -1.24. The number of hydrogen-bond acceptors (Lipinski definition) is 5. The minimum absolute atomic E-state index is 0.259. The van der Waals surface area contributed by atoms with Crippen LogP contribution in [0, 0.1) is 6.92 Å². The van der Waals surface area contributed by atoms with E-state index < -0.39 is 12.1 Å². The molecule has 2 rings (SSSR count). The van der Waals surface area contributed by atoms with Gasteiger partial charge in [-0.15, -0.1) is 0 Å². The lowest BCUT2D eigenvalue weighted by atomic mass is 10.0. The fourth-order valence-corrected chi connectivity index (χ4v) is 2.31. The molecule has 1 N–H and O–H groups in total. The van der Waals surface area contributed by atoms with Crippen molar-refractivity contribution in [3.05, 3.63) is 29.3 Å². The van der Waals surface area contributed by atoms with Gasteiger partial charge in [0.15, 0.2) is 6.10 Å². The SMILES string of the molecule is CCOC(=O)C(O)c1ccc(C)cc1N1CCOCC1. The molecule has 5 heteroatoms. The lowest BCUT2D eigenvalue weighted by molar-refractivity contribution is -0.153. The van der Waals surface area contributed by atoms with E-state index in [9.17, 15) is 9.90 Å². The molecule has 1 saturated heterocycles. The summed E-state index contributed by atoms with van der Waals surface area (Å²) >= 11 is 0. The second-order valence-corrected chi connectivity index (χ2v) is 4.82. The number of rotatable bonds is 4. The van der Waals surface area contributed by atoms with Gasteiger partial charge < -0.3 is 19.5 Å². The van der Waals surface area contributed by atoms with Crippen LogP contribution in [0.3, 0.4) is 0 Å². The Hall–Kier alpha value is -1.59. The van der Waals surface area contributed by atoms with Crippen molar-refractivity contribution in [2.75, 3.05) is 37.8 Å². The Morgan fingerprint density at radius 3 is 2.80 bits per heavy atom. The van der Waals surface area contributed by atoms with Gasteiger partial charge in [-0.3, -0.25) is 0 Å². The molecular weight excluding hydrogens is 258 g/mol. The van der Waals surface area contributed by atoms with Gasteiger partial charge in [0.2, 0.25) is 0 Å². The van der Waals surface area contributed by atoms with Gasteiger partial charge in [-0.1, -0.05) is 12.1 Å². The van der Waals surface area contributed by atoms with E-state index >= 15 is 0 Å². The summed E-state index contributed by atoms with van der Waals surface area (Å²) in [6, 6.07) is 5.67. The molecule has 0 radical (unpaired) electrons. The van der Waals surface area contributed by atoms with Crippen LogP contribution in [0.15, 0.2) is 18.2 Å². The molecule has 1 aliphatic heterocycles. The molecule has 0 saturated carbocycles. The van der Waals surface area contributed by atoms with Crippen molar-refractivity contribution in [1.82, 2.24) is 0 Å². The molecule has 0 amide bonds. The van der Waals surface area contributed by atoms with Crippen molar-refractivity contribution in [3.8, 4) is 0 Å². The minimum Gasteiger partial charge on any atom is -0.464 e. The highest BCUT2D eigenvalue weighted by Gasteiger charge is 2.24. The second-order valence-electron chi connectivity index (χ2n) is 4.82. The average Bonchev–Trinajstić information content (AvgIpc) is 2.47. The molecule has 0 bridgehead atoms. The van der Waals surface area contributed by atoms with Crippen LogP contribution in [0.5, 0.6) is 0 Å². The summed E-state index contributed by atoms with van der Waals surface area (Å²) in [5.41, 5.74) is 2.57. The van der Waals surface area contributed by atoms with Crippen LogP contribution in [-0.2, 0) is 14.3 Å². The zero-order chi connectivity index (χ0) is 14.5. The maximum Gasteiger partial charge on any atom is 0.339 e. The third-order valence-electron chi connectivity index (χ3n) is 3.34. The Morgan fingerprint density at radius 2 is 2.15 bits per heavy atom. The van der Waals surface area contributed by atoms with E-state index in [1.165, 1.54) is 0 Å². The number of aliphatic hydroxyl groups excluding tert-OH is 1. The van der Waals surface area contributed by atoms with Gasteiger partial charge in [0.05, 0.1) is 19.8 Å². The first kappa shape index (κ1) is 14.8. The van der Waals surface area contributed by atoms with E-state index in [2.05, 4.69) is 4.90 Å². The number of benzene rings is 1. The first-order chi connectivity index (χ1) is 9.63. The number of anilines is 1. The highest BCUT2D eigenvalue weighted by Crippen LogP contribution is 2.29. The van der Waals surface area contributed by atoms with Crippen molar-refractivity contribution in [3.63, 3.8) is 0 Å². The summed E-state index contributed by atoms with van der Waals surface area (Å²) in [5.74, 6) is -0.606. The highest BCUT2D eigenvalue weighted by molar-refractivity contribution is 5.79. The summed E-state index contributed by atoms with van der Waals surface area (Å²) in [4.78, 5) is 13.9. The van der Waals surface area contributed by atoms with Crippen molar-refractivity contribution in [2.24, 2.45) is 0 Å². The van der Waals surface area contributed by atoms with E-state index in [-0.39, 0.29) is 6.61 Å². The molecule has 1 aliphatic rings. The molecule has 1 fully saturated rings. The number of esters is 1. The van der Waals surface area contributed by atoms with Crippen molar-refractivity contribution in [1.29, 1.82) is 0 Å². The summed E-state index contributed by atoms with van der Waals surface area (Å²) in [7, 11) is 0. The number of carbonyl (C=O) groups excluding carboxylic acids is 1. The number of aliphatic hydroxyl groups is 1. The van der Waals surface area contributed by atoms with Crippen LogP contribution < -0.4 is 4.90 Å². The van der Waals surface area contributed by atoms with E-state index in [4.69, 9.17) is 9.47 Å². The molecule has 1 unspecified atom stereocenters. The summed E-state index contributed by atoms with van der Waals surface area (Å²) in [5, 5.41) is 10.2. The van der Waals surface area contributed by atoms with E-state index in [1.54, 1.807) is 13.0 Å². The van der Waals surface area contributed by atoms with E-state index in [1.807, 2.05) is 19.1 Å². The predicted molar refractivity (Wildman–Crippen MR) is 75.8 cm³/mol. The monoisotopic (exact) mass is 279 g/mol. The van der Waals surface area contributed by atoms with Crippen molar-refractivity contribution >= 4 is 11.7 Å². The molecule has 0 aliphatic carbocycles. The van der Waals surface area contributed by atoms with E-state index in [0.29, 0.717) is 18.8 Å². The Bertz CT molecular complexity index is 469. The Kier molecular flexibility index (Phi) is 4.98. The number of aryl methyl sites for hydroxylation is 1. The number of nitrogens with zero attached hydrogens (tertiary/aromatic N) is 1. The fraction of sp³-hybridized carbons (Fsp3) is 0.533. The van der Waals surface area contributed by atoms with Crippen LogP contribution in [0.25, 0.3) is 0 Å². The van der Waals surface area contributed by atoms with Gasteiger partial charge >= 0.3 is 5.97 Å². The zero-order valence-corrected chi connectivity index (χ0v) is 12.0. The maximum absolute atomic E-state index is 11.7. The van der Waals surface area contributed by atoms with E-state index in [0.717, 1.165) is 24.3 Å². The Morgan fingerprint density at radius 1 is 1.45 bits per heavy atom. The molecular formula is C15H21NO4. The van der Waals surface area contributed by atoms with Gasteiger partial charge in [-0.2, -0.15) is 0 Å². The third-order valence-corrected chi connectivity index (χ3v) is 3.34. The smallest absolute Gasteiger partial charge is 0.339 e.